The van der Waals surface area contributed by atoms with E-state index in [1.165, 1.54) is 0 Å². The second-order valence-corrected chi connectivity index (χ2v) is 11.0. The van der Waals surface area contributed by atoms with Crippen LogP contribution in [0.15, 0.2) is 53.4 Å². The number of benzene rings is 2. The van der Waals surface area contributed by atoms with E-state index in [0.29, 0.717) is 13.2 Å². The van der Waals surface area contributed by atoms with Gasteiger partial charge in [-0.2, -0.15) is 8.42 Å². The smallest absolute Gasteiger partial charge is 0.296 e. The maximum Gasteiger partial charge on any atom is 0.296 e. The van der Waals surface area contributed by atoms with Crippen LogP contribution >= 0.6 is 0 Å². The predicted molar refractivity (Wildman–Crippen MR) is 129 cm³/mol. The highest BCUT2D eigenvalue weighted by molar-refractivity contribution is 7.86. The lowest BCUT2D eigenvalue weighted by atomic mass is 9.93. The van der Waals surface area contributed by atoms with Gasteiger partial charge in [-0.05, 0) is 50.6 Å². The Kier molecular flexibility index (Phi) is 8.76. The fraction of sp³-hybridized carbons (Fsp3) is 0.538. The summed E-state index contributed by atoms with van der Waals surface area (Å²) in [6, 6.07) is 14.4. The summed E-state index contributed by atoms with van der Waals surface area (Å²) >= 11 is 0. The molecule has 2 aromatic rings. The molecule has 0 aliphatic carbocycles. The molecular weight excluding hydrogens is 456 g/mol. The molecule has 0 bridgehead atoms. The first kappa shape index (κ1) is 26.6. The summed E-state index contributed by atoms with van der Waals surface area (Å²) in [4.78, 5) is 0.145. The Bertz CT molecular complexity index is 1020. The second kappa shape index (κ2) is 11.2. The average Bonchev–Trinajstić information content (AvgIpc) is 3.14. The summed E-state index contributed by atoms with van der Waals surface area (Å²) in [6.45, 7) is 10.5. The summed E-state index contributed by atoms with van der Waals surface area (Å²) in [6.07, 6.45) is -0.589. The van der Waals surface area contributed by atoms with Gasteiger partial charge < -0.3 is 18.9 Å². The van der Waals surface area contributed by atoms with E-state index in [0.717, 1.165) is 16.9 Å². The Balaban J connectivity index is 1.57. The van der Waals surface area contributed by atoms with Gasteiger partial charge in [-0.15, -0.1) is 0 Å². The lowest BCUT2D eigenvalue weighted by molar-refractivity contribution is -0.155. The Morgan fingerprint density at radius 1 is 0.912 bits per heavy atom. The quantitative estimate of drug-likeness (QED) is 0.420. The molecule has 3 rings (SSSR count). The molecule has 1 saturated heterocycles. The zero-order chi connectivity index (χ0) is 24.9. The molecule has 1 heterocycles. The van der Waals surface area contributed by atoms with E-state index in [-0.39, 0.29) is 35.5 Å². The summed E-state index contributed by atoms with van der Waals surface area (Å²) in [5.41, 5.74) is 2.04. The molecule has 0 saturated carbocycles. The molecule has 188 valence electrons. The van der Waals surface area contributed by atoms with E-state index >= 15 is 0 Å². The third-order valence-electron chi connectivity index (χ3n) is 5.89. The average molecular weight is 493 g/mol. The Hall–Kier alpha value is -1.97. The third kappa shape index (κ3) is 7.02. The minimum atomic E-state index is -3.85. The van der Waals surface area contributed by atoms with E-state index in [4.69, 9.17) is 23.1 Å². The summed E-state index contributed by atoms with van der Waals surface area (Å²) in [5.74, 6) is -0.152. The van der Waals surface area contributed by atoms with Crippen LogP contribution in [0.1, 0.15) is 38.8 Å². The van der Waals surface area contributed by atoms with E-state index in [2.05, 4.69) is 0 Å². The maximum atomic E-state index is 12.6. The van der Waals surface area contributed by atoms with Gasteiger partial charge >= 0.3 is 0 Å². The molecule has 0 radical (unpaired) electrons. The Labute approximate surface area is 203 Å². The van der Waals surface area contributed by atoms with Crippen molar-refractivity contribution in [1.29, 1.82) is 0 Å². The minimum absolute atomic E-state index is 0.00373. The number of ether oxygens (including phenoxy) is 4. The zero-order valence-electron chi connectivity index (χ0n) is 20.8. The van der Waals surface area contributed by atoms with Crippen LogP contribution in [-0.2, 0) is 35.1 Å². The molecule has 7 nitrogen and oxygen atoms in total. The van der Waals surface area contributed by atoms with Crippen LogP contribution in [0, 0.1) is 18.8 Å². The van der Waals surface area contributed by atoms with Crippen LogP contribution in [0.2, 0.25) is 0 Å². The van der Waals surface area contributed by atoms with Crippen molar-refractivity contribution in [1.82, 2.24) is 0 Å². The molecule has 2 aromatic carbocycles. The van der Waals surface area contributed by atoms with Crippen LogP contribution < -0.4 is 4.74 Å². The number of hydrogen-bond donors (Lipinski definition) is 0. The molecule has 0 aromatic heterocycles. The van der Waals surface area contributed by atoms with E-state index < -0.39 is 15.9 Å². The van der Waals surface area contributed by atoms with Crippen LogP contribution in [0.25, 0.3) is 0 Å². The number of aryl methyl sites for hydroxylation is 1. The second-order valence-electron chi connectivity index (χ2n) is 9.43. The molecular formula is C26H36O7S. The number of methoxy groups -OCH3 is 1. The van der Waals surface area contributed by atoms with Crippen LogP contribution in [0.4, 0.5) is 0 Å². The van der Waals surface area contributed by atoms with Gasteiger partial charge in [-0.1, -0.05) is 43.7 Å². The maximum absolute atomic E-state index is 12.6. The highest BCUT2D eigenvalue weighted by Gasteiger charge is 2.46. The van der Waals surface area contributed by atoms with Crippen molar-refractivity contribution in [3.63, 3.8) is 0 Å². The first-order valence-electron chi connectivity index (χ1n) is 11.5. The Morgan fingerprint density at radius 3 is 2.03 bits per heavy atom. The lowest BCUT2D eigenvalue weighted by Gasteiger charge is -2.27. The van der Waals surface area contributed by atoms with Crippen molar-refractivity contribution in [3.05, 3.63) is 59.7 Å². The van der Waals surface area contributed by atoms with Gasteiger partial charge in [0.15, 0.2) is 5.79 Å². The van der Waals surface area contributed by atoms with E-state index in [1.807, 2.05) is 58.9 Å². The highest BCUT2D eigenvalue weighted by atomic mass is 32.2. The molecule has 0 amide bonds. The lowest BCUT2D eigenvalue weighted by Crippen LogP contribution is -2.38. The molecule has 4 atom stereocenters. The summed E-state index contributed by atoms with van der Waals surface area (Å²) < 4.78 is 54.0. The monoisotopic (exact) mass is 492 g/mol. The molecule has 8 heteroatoms. The molecule has 0 unspecified atom stereocenters. The number of rotatable bonds is 11. The number of hydrogen-bond acceptors (Lipinski definition) is 7. The largest absolute Gasteiger partial charge is 0.497 e. The van der Waals surface area contributed by atoms with Gasteiger partial charge in [-0.3, -0.25) is 4.18 Å². The van der Waals surface area contributed by atoms with Crippen LogP contribution in [-0.4, -0.2) is 46.7 Å². The van der Waals surface area contributed by atoms with Gasteiger partial charge in [0.2, 0.25) is 0 Å². The SMILES string of the molecule is COc1ccc(COC[C@H](C)[C@@H]2OC(C)(C)O[C@H]2[C@@H](C)COS(=O)(=O)c2ccc(C)cc2)cc1. The van der Waals surface area contributed by atoms with Crippen molar-refractivity contribution >= 4 is 10.1 Å². The minimum Gasteiger partial charge on any atom is -0.497 e. The molecule has 0 spiro atoms. The normalized spacial score (nSPS) is 21.8. The van der Waals surface area contributed by atoms with Crippen molar-refractivity contribution in [3.8, 4) is 5.75 Å². The first-order valence-corrected chi connectivity index (χ1v) is 12.9. The van der Waals surface area contributed by atoms with Gasteiger partial charge in [-0.25, -0.2) is 0 Å². The van der Waals surface area contributed by atoms with Crippen LogP contribution in [0.3, 0.4) is 0 Å². The van der Waals surface area contributed by atoms with Crippen LogP contribution in [0.5, 0.6) is 5.75 Å². The standard InChI is InChI=1S/C26H36O7S/c1-18-7-13-23(14-8-18)34(27,28)31-16-20(3)25-24(32-26(4,5)33-25)19(2)15-30-17-21-9-11-22(29-6)12-10-21/h7-14,19-20,24-25H,15-17H2,1-6H3/t19-,20-,24-,25-/m0/s1. The topological polar surface area (TPSA) is 80.3 Å². The predicted octanol–water partition coefficient (Wildman–Crippen LogP) is 4.72. The molecule has 0 N–H and O–H groups in total. The molecule has 1 fully saturated rings. The summed E-state index contributed by atoms with van der Waals surface area (Å²) in [7, 11) is -2.21. The van der Waals surface area contributed by atoms with Gasteiger partial charge in [0.05, 0.1) is 44.0 Å². The first-order chi connectivity index (χ1) is 16.0. The fourth-order valence-electron chi connectivity index (χ4n) is 3.94. The van der Waals surface area contributed by atoms with E-state index in [1.54, 1.807) is 31.4 Å². The molecule has 1 aliphatic heterocycles. The third-order valence-corrected chi connectivity index (χ3v) is 7.19. The zero-order valence-corrected chi connectivity index (χ0v) is 21.6. The van der Waals surface area contributed by atoms with Gasteiger partial charge in [0.25, 0.3) is 10.1 Å². The highest BCUT2D eigenvalue weighted by Crippen LogP contribution is 2.36. The molecule has 34 heavy (non-hydrogen) atoms. The van der Waals surface area contributed by atoms with Crippen molar-refractivity contribution in [2.75, 3.05) is 20.3 Å². The van der Waals surface area contributed by atoms with Crippen molar-refractivity contribution in [2.45, 2.75) is 64.1 Å². The molecule has 1 aliphatic rings. The Morgan fingerprint density at radius 2 is 1.47 bits per heavy atom. The fourth-order valence-corrected chi connectivity index (χ4v) is 4.94. The summed E-state index contributed by atoms with van der Waals surface area (Å²) in [5, 5.41) is 0. The van der Waals surface area contributed by atoms with Crippen molar-refractivity contribution in [2.24, 2.45) is 11.8 Å². The van der Waals surface area contributed by atoms with Gasteiger partial charge in [0, 0.05) is 11.8 Å². The van der Waals surface area contributed by atoms with Gasteiger partial charge in [0.1, 0.15) is 5.75 Å². The van der Waals surface area contributed by atoms with E-state index in [9.17, 15) is 8.42 Å². The van der Waals surface area contributed by atoms with Crippen molar-refractivity contribution < 1.29 is 31.5 Å².